The van der Waals surface area contributed by atoms with Gasteiger partial charge in [-0.3, -0.25) is 18.9 Å². The highest BCUT2D eigenvalue weighted by molar-refractivity contribution is 8.07. The first kappa shape index (κ1) is 26.1. The highest BCUT2D eigenvalue weighted by Crippen LogP contribution is 2.50. The third kappa shape index (κ3) is 5.01. The Balaban J connectivity index is 1.13. The van der Waals surface area contributed by atoms with Crippen LogP contribution in [0, 0.1) is 0 Å². The predicted molar refractivity (Wildman–Crippen MR) is 138 cm³/mol. The van der Waals surface area contributed by atoms with Crippen LogP contribution in [0.5, 0.6) is 0 Å². The molecule has 2 saturated heterocycles. The molecule has 1 unspecified atom stereocenters. The number of nitrogens with zero attached hydrogens (tertiary/aromatic N) is 7. The summed E-state index contributed by atoms with van der Waals surface area (Å²) in [4.78, 5) is 46.1. The van der Waals surface area contributed by atoms with E-state index in [1.54, 1.807) is 10.9 Å². The number of aromatic amines is 1. The Morgan fingerprint density at radius 3 is 2.72 bits per heavy atom. The van der Waals surface area contributed by atoms with Gasteiger partial charge < -0.3 is 40.0 Å². The van der Waals surface area contributed by atoms with Crippen molar-refractivity contribution < 1.29 is 28.5 Å². The number of rotatable bonds is 8. The second-order valence-electron chi connectivity index (χ2n) is 9.12. The highest BCUT2D eigenvalue weighted by atomic mass is 32.5. The van der Waals surface area contributed by atoms with Gasteiger partial charge in [0.1, 0.15) is 24.2 Å². The number of nitrogens with one attached hydrogen (secondary N) is 1. The van der Waals surface area contributed by atoms with Crippen molar-refractivity contribution in [2.75, 3.05) is 24.7 Å². The normalized spacial score (nSPS) is 27.0. The molecule has 2 aliphatic rings. The average Bonchev–Trinajstić information content (AvgIpc) is 3.68. The van der Waals surface area contributed by atoms with Gasteiger partial charge in [-0.05, 0) is 24.6 Å². The molecule has 0 spiro atoms. The van der Waals surface area contributed by atoms with Crippen LogP contribution in [0.15, 0.2) is 23.8 Å². The van der Waals surface area contributed by atoms with Crippen molar-refractivity contribution in [3.05, 3.63) is 29.3 Å². The molecule has 4 aromatic rings. The van der Waals surface area contributed by atoms with Crippen molar-refractivity contribution in [2.45, 2.75) is 50.0 Å². The van der Waals surface area contributed by atoms with Crippen LogP contribution in [0.1, 0.15) is 31.7 Å². The molecule has 2 aliphatic heterocycles. The van der Waals surface area contributed by atoms with Crippen molar-refractivity contribution in [3.8, 4) is 0 Å². The Bertz CT molecular complexity index is 1630. The van der Waals surface area contributed by atoms with Crippen LogP contribution in [-0.4, -0.2) is 80.6 Å². The van der Waals surface area contributed by atoms with Crippen molar-refractivity contribution in [2.24, 2.45) is 0 Å². The van der Waals surface area contributed by atoms with Gasteiger partial charge in [-0.1, -0.05) is 0 Å². The Morgan fingerprint density at radius 1 is 1.10 bits per heavy atom. The lowest BCUT2D eigenvalue weighted by atomic mass is 10.2. The highest BCUT2D eigenvalue weighted by Gasteiger charge is 2.41. The number of nitrogens with two attached hydrogens (primary N) is 2. The van der Waals surface area contributed by atoms with E-state index in [1.165, 1.54) is 17.2 Å². The SMILES string of the molecule is Nc1nc2c(ncn2[C@@H]2O[C@H](CO)C[C@@H]2OP(O)(=S)OC[C@@H]2CC[C@H](n3cnc4c(N)ncnc43)O2)c(=O)[nH]1. The first-order valence-corrected chi connectivity index (χ1v) is 14.5. The lowest BCUT2D eigenvalue weighted by Gasteiger charge is -2.25. The third-order valence-electron chi connectivity index (χ3n) is 6.55. The Labute approximate surface area is 224 Å². The Hall–Kier alpha value is -3.09. The van der Waals surface area contributed by atoms with Gasteiger partial charge in [-0.25, -0.2) is 19.9 Å². The topological polar surface area (TPSA) is 237 Å². The number of hydrogen-bond donors (Lipinski definition) is 5. The summed E-state index contributed by atoms with van der Waals surface area (Å²) in [7, 11) is 0. The molecular weight excluding hydrogens is 555 g/mol. The monoisotopic (exact) mass is 580 g/mol. The Kier molecular flexibility index (Phi) is 6.80. The zero-order valence-electron chi connectivity index (χ0n) is 20.2. The van der Waals surface area contributed by atoms with Crippen LogP contribution in [0.2, 0.25) is 0 Å². The molecular formula is C20H25N10O7PS. The van der Waals surface area contributed by atoms with Gasteiger partial charge in [0.15, 0.2) is 28.9 Å². The molecule has 208 valence electrons. The van der Waals surface area contributed by atoms with Gasteiger partial charge in [-0.2, -0.15) is 4.98 Å². The fraction of sp³-hybridized carbons (Fsp3) is 0.500. The van der Waals surface area contributed by atoms with Gasteiger partial charge in [0, 0.05) is 6.42 Å². The lowest BCUT2D eigenvalue weighted by molar-refractivity contribution is -0.0494. The number of anilines is 2. The molecule has 39 heavy (non-hydrogen) atoms. The third-order valence-corrected chi connectivity index (χ3v) is 8.14. The van der Waals surface area contributed by atoms with Crippen LogP contribution in [-0.2, 0) is 30.3 Å². The van der Waals surface area contributed by atoms with Crippen molar-refractivity contribution in [3.63, 3.8) is 0 Å². The maximum Gasteiger partial charge on any atom is 0.325 e. The van der Waals surface area contributed by atoms with E-state index in [0.717, 1.165) is 0 Å². The number of aromatic nitrogens is 8. The van der Waals surface area contributed by atoms with Gasteiger partial charge in [0.05, 0.1) is 38.1 Å². The number of H-pyrrole nitrogens is 1. The van der Waals surface area contributed by atoms with Gasteiger partial charge in [0.2, 0.25) is 5.95 Å². The summed E-state index contributed by atoms with van der Waals surface area (Å²) in [6.45, 7) is -4.10. The molecule has 6 atom stereocenters. The maximum atomic E-state index is 12.2. The van der Waals surface area contributed by atoms with Crippen LogP contribution in [0.4, 0.5) is 11.8 Å². The van der Waals surface area contributed by atoms with E-state index in [2.05, 4.69) is 29.9 Å². The van der Waals surface area contributed by atoms with Crippen LogP contribution in [0.25, 0.3) is 22.3 Å². The van der Waals surface area contributed by atoms with Gasteiger partial charge in [-0.15, -0.1) is 0 Å². The molecule has 0 amide bonds. The number of aliphatic hydroxyl groups is 1. The van der Waals surface area contributed by atoms with Crippen LogP contribution in [0.3, 0.4) is 0 Å². The Morgan fingerprint density at radius 2 is 1.90 bits per heavy atom. The summed E-state index contributed by atoms with van der Waals surface area (Å²) in [5.41, 5.74) is 12.3. The minimum Gasteiger partial charge on any atom is -0.394 e. The average molecular weight is 581 g/mol. The van der Waals surface area contributed by atoms with Gasteiger partial charge >= 0.3 is 6.72 Å². The maximum absolute atomic E-state index is 12.2. The van der Waals surface area contributed by atoms with Crippen molar-refractivity contribution in [1.82, 2.24) is 39.0 Å². The summed E-state index contributed by atoms with van der Waals surface area (Å²) in [5.74, 6) is 0.177. The molecule has 19 heteroatoms. The quantitative estimate of drug-likeness (QED) is 0.168. The summed E-state index contributed by atoms with van der Waals surface area (Å²) < 4.78 is 26.7. The molecule has 4 aromatic heterocycles. The first-order valence-electron chi connectivity index (χ1n) is 11.9. The molecule has 2 fully saturated rings. The molecule has 0 radical (unpaired) electrons. The number of aliphatic hydroxyl groups excluding tert-OH is 1. The van der Waals surface area contributed by atoms with Crippen LogP contribution >= 0.6 is 6.72 Å². The summed E-state index contributed by atoms with van der Waals surface area (Å²) in [6, 6.07) is 0. The minimum atomic E-state index is -3.79. The molecule has 7 N–H and O–H groups in total. The van der Waals surface area contributed by atoms with E-state index >= 15 is 0 Å². The standard InChI is InChI=1S/C20H25N10O7PS/c21-15-13-16(24-6-23-15)29(7-25-13)12-2-1-9(35-12)5-34-38(33,39)37-11-3-10(4-31)36-19(11)30-8-26-14-17(30)27-20(22)28-18(14)32/h6-12,19,31H,1-5H2,(H,33,39)(H2,21,23,24)(H3,22,27,28,32)/t9-,10-,11-,12+,19+,38?/m0/s1. The fourth-order valence-electron chi connectivity index (χ4n) is 4.78. The van der Waals surface area contributed by atoms with E-state index < -0.39 is 30.7 Å². The fourth-order valence-corrected chi connectivity index (χ4v) is 6.24. The lowest BCUT2D eigenvalue weighted by Crippen LogP contribution is -2.23. The van der Waals surface area contributed by atoms with Crippen molar-refractivity contribution >= 4 is 52.6 Å². The molecule has 0 saturated carbocycles. The molecule has 0 aromatic carbocycles. The van der Waals surface area contributed by atoms with Gasteiger partial charge in [0.25, 0.3) is 5.56 Å². The summed E-state index contributed by atoms with van der Waals surface area (Å²) in [5, 5.41) is 9.69. The first-order chi connectivity index (χ1) is 18.7. The zero-order valence-corrected chi connectivity index (χ0v) is 21.9. The second kappa shape index (κ2) is 10.1. The van der Waals surface area contributed by atoms with Crippen molar-refractivity contribution in [1.29, 1.82) is 0 Å². The molecule has 0 bridgehead atoms. The predicted octanol–water partition coefficient (Wildman–Crippen LogP) is -0.300. The molecule has 0 aliphatic carbocycles. The van der Waals surface area contributed by atoms with E-state index in [9.17, 15) is 14.8 Å². The second-order valence-corrected chi connectivity index (χ2v) is 11.9. The van der Waals surface area contributed by atoms with E-state index in [0.29, 0.717) is 24.0 Å². The van der Waals surface area contributed by atoms with E-state index in [1.807, 2.05) is 0 Å². The number of nitrogen functional groups attached to an aromatic ring is 2. The van der Waals surface area contributed by atoms with Crippen LogP contribution < -0.4 is 17.0 Å². The summed E-state index contributed by atoms with van der Waals surface area (Å²) >= 11 is 5.28. The number of fused-ring (bicyclic) bond motifs is 2. The molecule has 17 nitrogen and oxygen atoms in total. The van der Waals surface area contributed by atoms with E-state index in [4.69, 9.17) is 41.8 Å². The number of hydrogen-bond acceptors (Lipinski definition) is 14. The zero-order chi connectivity index (χ0) is 27.3. The smallest absolute Gasteiger partial charge is 0.325 e. The molecule has 6 heterocycles. The van der Waals surface area contributed by atoms with E-state index in [-0.39, 0.29) is 54.9 Å². The largest absolute Gasteiger partial charge is 0.394 e. The molecule has 6 rings (SSSR count). The number of imidazole rings is 2. The summed E-state index contributed by atoms with van der Waals surface area (Å²) in [6.07, 6.45) is 2.69. The minimum absolute atomic E-state index is 0.0167. The number of ether oxygens (including phenoxy) is 2.